The lowest BCUT2D eigenvalue weighted by Crippen LogP contribution is -2.32. The maximum Gasteiger partial charge on any atom is 0.266 e. The Bertz CT molecular complexity index is 1040. The first-order valence-corrected chi connectivity index (χ1v) is 10.5. The summed E-state index contributed by atoms with van der Waals surface area (Å²) in [7, 11) is 0. The molecule has 1 fully saturated rings. The van der Waals surface area contributed by atoms with E-state index in [9.17, 15) is 19.5 Å². The topological polar surface area (TPSA) is 89.5 Å². The summed E-state index contributed by atoms with van der Waals surface area (Å²) in [5, 5.41) is 13.7. The molecule has 1 N–H and O–H groups in total. The fraction of sp³-hybridized carbons (Fsp3) is 0.100. The summed E-state index contributed by atoms with van der Waals surface area (Å²) in [5.41, 5.74) is 0.900. The van der Waals surface area contributed by atoms with E-state index in [0.717, 1.165) is 10.0 Å². The van der Waals surface area contributed by atoms with Crippen LogP contribution in [0.25, 0.3) is 6.08 Å². The number of rotatable bonds is 6. The van der Waals surface area contributed by atoms with Gasteiger partial charge in [-0.15, -0.1) is 0 Å². The molecule has 0 saturated carbocycles. The number of para-hydroxylation sites is 1. The minimum Gasteiger partial charge on any atom is -0.545 e. The first-order chi connectivity index (χ1) is 13.8. The Morgan fingerprint density at radius 1 is 1.21 bits per heavy atom. The van der Waals surface area contributed by atoms with Crippen molar-refractivity contribution in [1.82, 2.24) is 4.90 Å². The third-order valence-electron chi connectivity index (χ3n) is 4.00. The highest BCUT2D eigenvalue weighted by atomic mass is 79.9. The van der Waals surface area contributed by atoms with Crippen LogP contribution in [0.15, 0.2) is 57.9 Å². The maximum atomic E-state index is 12.6. The predicted octanol–water partition coefficient (Wildman–Crippen LogP) is 3.04. The molecule has 0 unspecified atom stereocenters. The third kappa shape index (κ3) is 5.31. The molecule has 0 bridgehead atoms. The normalized spacial score (nSPS) is 15.1. The Balaban J connectivity index is 1.64. The molecular formula is C20H14BrN2O4S2-. The number of carbonyl (C=O) groups is 3. The molecule has 0 radical (unpaired) electrons. The van der Waals surface area contributed by atoms with Crippen LogP contribution in [0.2, 0.25) is 0 Å². The number of benzene rings is 2. The van der Waals surface area contributed by atoms with Crippen molar-refractivity contribution in [3.63, 3.8) is 0 Å². The zero-order valence-electron chi connectivity index (χ0n) is 14.9. The van der Waals surface area contributed by atoms with Crippen LogP contribution >= 0.6 is 39.9 Å². The Hall–Kier alpha value is -2.49. The Kier molecular flexibility index (Phi) is 6.83. The second kappa shape index (κ2) is 9.34. The number of halogens is 1. The summed E-state index contributed by atoms with van der Waals surface area (Å²) in [6, 6.07) is 13.5. The Labute approximate surface area is 185 Å². The van der Waals surface area contributed by atoms with E-state index in [0.29, 0.717) is 9.23 Å². The number of carboxylic acids is 1. The fourth-order valence-electron chi connectivity index (χ4n) is 2.64. The van der Waals surface area contributed by atoms with Crippen molar-refractivity contribution in [2.75, 3.05) is 11.9 Å². The van der Waals surface area contributed by atoms with Crippen LogP contribution in [0.3, 0.4) is 0 Å². The van der Waals surface area contributed by atoms with Gasteiger partial charge in [0.1, 0.15) is 4.32 Å². The van der Waals surface area contributed by atoms with Crippen molar-refractivity contribution in [2.45, 2.75) is 6.42 Å². The number of carboxylic acid groups (broad SMARTS) is 1. The molecule has 1 saturated heterocycles. The molecular weight excluding hydrogens is 476 g/mol. The molecule has 0 spiro atoms. The fourth-order valence-corrected chi connectivity index (χ4v) is 4.36. The predicted molar refractivity (Wildman–Crippen MR) is 118 cm³/mol. The average molecular weight is 490 g/mol. The van der Waals surface area contributed by atoms with Gasteiger partial charge in [-0.25, -0.2) is 0 Å². The molecule has 29 heavy (non-hydrogen) atoms. The number of nitrogens with zero attached hydrogens (tertiary/aromatic N) is 1. The average Bonchev–Trinajstić information content (AvgIpc) is 2.93. The summed E-state index contributed by atoms with van der Waals surface area (Å²) < 4.78 is 1.27. The van der Waals surface area contributed by atoms with E-state index < -0.39 is 11.9 Å². The lowest BCUT2D eigenvalue weighted by atomic mass is 10.1. The van der Waals surface area contributed by atoms with Crippen LogP contribution in [0.4, 0.5) is 5.69 Å². The molecule has 9 heteroatoms. The second-order valence-electron chi connectivity index (χ2n) is 6.02. The van der Waals surface area contributed by atoms with Gasteiger partial charge in [0.05, 0.1) is 10.9 Å². The molecule has 1 heterocycles. The zero-order valence-corrected chi connectivity index (χ0v) is 18.1. The van der Waals surface area contributed by atoms with Crippen LogP contribution < -0.4 is 10.4 Å². The Morgan fingerprint density at radius 2 is 1.97 bits per heavy atom. The molecule has 3 rings (SSSR count). The number of anilines is 1. The van der Waals surface area contributed by atoms with Crippen LogP contribution in [-0.2, 0) is 9.59 Å². The van der Waals surface area contributed by atoms with Gasteiger partial charge in [0.25, 0.3) is 5.91 Å². The molecule has 1 aliphatic rings. The van der Waals surface area contributed by atoms with Crippen molar-refractivity contribution < 1.29 is 19.5 Å². The van der Waals surface area contributed by atoms with Crippen molar-refractivity contribution >= 4 is 73.8 Å². The van der Waals surface area contributed by atoms with E-state index in [1.54, 1.807) is 18.2 Å². The summed E-state index contributed by atoms with van der Waals surface area (Å²) in [6.07, 6.45) is 1.72. The van der Waals surface area contributed by atoms with Gasteiger partial charge in [-0.1, -0.05) is 70.2 Å². The van der Waals surface area contributed by atoms with Gasteiger partial charge >= 0.3 is 0 Å². The first kappa shape index (κ1) is 21.2. The van der Waals surface area contributed by atoms with Crippen molar-refractivity contribution in [1.29, 1.82) is 0 Å². The molecule has 6 nitrogen and oxygen atoms in total. The first-order valence-electron chi connectivity index (χ1n) is 8.46. The maximum absolute atomic E-state index is 12.6. The van der Waals surface area contributed by atoms with E-state index in [1.165, 1.54) is 28.8 Å². The van der Waals surface area contributed by atoms with Crippen LogP contribution in [0.5, 0.6) is 0 Å². The van der Waals surface area contributed by atoms with Gasteiger partial charge in [-0.05, 0) is 29.8 Å². The number of hydrogen-bond donors (Lipinski definition) is 1. The quantitative estimate of drug-likeness (QED) is 0.495. The van der Waals surface area contributed by atoms with Gasteiger partial charge in [-0.2, -0.15) is 0 Å². The lowest BCUT2D eigenvalue weighted by Gasteiger charge is -2.15. The number of carbonyl (C=O) groups excluding carboxylic acids is 3. The molecule has 2 aromatic carbocycles. The monoisotopic (exact) mass is 489 g/mol. The smallest absolute Gasteiger partial charge is 0.266 e. The zero-order chi connectivity index (χ0) is 21.0. The molecule has 0 aromatic heterocycles. The van der Waals surface area contributed by atoms with Gasteiger partial charge in [0.2, 0.25) is 5.91 Å². The van der Waals surface area contributed by atoms with Crippen molar-refractivity contribution in [3.8, 4) is 0 Å². The number of hydrogen-bond acceptors (Lipinski definition) is 6. The summed E-state index contributed by atoms with van der Waals surface area (Å²) in [5.74, 6) is -2.07. The molecule has 2 amide bonds. The van der Waals surface area contributed by atoms with Crippen LogP contribution in [0, 0.1) is 0 Å². The van der Waals surface area contributed by atoms with Crippen molar-refractivity contribution in [3.05, 3.63) is 69.0 Å². The van der Waals surface area contributed by atoms with E-state index in [1.807, 2.05) is 24.3 Å². The van der Waals surface area contributed by atoms with Gasteiger partial charge in [0.15, 0.2) is 0 Å². The van der Waals surface area contributed by atoms with E-state index in [4.69, 9.17) is 12.2 Å². The highest BCUT2D eigenvalue weighted by Crippen LogP contribution is 2.33. The Morgan fingerprint density at radius 3 is 2.69 bits per heavy atom. The van der Waals surface area contributed by atoms with E-state index >= 15 is 0 Å². The number of amides is 2. The molecule has 148 valence electrons. The highest BCUT2D eigenvalue weighted by Gasteiger charge is 2.32. The number of thiocarbonyl (C=S) groups is 1. The summed E-state index contributed by atoms with van der Waals surface area (Å²) in [4.78, 5) is 37.8. The van der Waals surface area contributed by atoms with Crippen molar-refractivity contribution in [2.24, 2.45) is 0 Å². The SMILES string of the molecule is O=C(CCN1C(=O)C(=Cc2cccc(Br)c2)SC1=S)Nc1ccccc1C(=O)[O-]. The molecule has 0 atom stereocenters. The minimum absolute atomic E-state index is 0.0298. The number of thioether (sulfide) groups is 1. The molecule has 2 aromatic rings. The van der Waals surface area contributed by atoms with Crippen LogP contribution in [0.1, 0.15) is 22.3 Å². The number of aromatic carboxylic acids is 1. The van der Waals surface area contributed by atoms with Crippen LogP contribution in [-0.4, -0.2) is 33.5 Å². The minimum atomic E-state index is -1.38. The molecule has 1 aliphatic heterocycles. The highest BCUT2D eigenvalue weighted by molar-refractivity contribution is 9.10. The summed E-state index contributed by atoms with van der Waals surface area (Å²) >= 11 is 9.84. The number of nitrogens with one attached hydrogen (secondary N) is 1. The van der Waals surface area contributed by atoms with E-state index in [-0.39, 0.29) is 30.1 Å². The van der Waals surface area contributed by atoms with Gasteiger partial charge in [0, 0.05) is 28.7 Å². The molecule has 0 aliphatic carbocycles. The van der Waals surface area contributed by atoms with Gasteiger partial charge in [-0.3, -0.25) is 14.5 Å². The lowest BCUT2D eigenvalue weighted by molar-refractivity contribution is -0.254. The largest absolute Gasteiger partial charge is 0.545 e. The third-order valence-corrected chi connectivity index (χ3v) is 5.87. The van der Waals surface area contributed by atoms with E-state index in [2.05, 4.69) is 21.2 Å². The standard InChI is InChI=1S/C20H15BrN2O4S2/c21-13-5-3-4-12(10-13)11-16-18(25)23(20(28)29-16)9-8-17(24)22-15-7-2-1-6-14(15)19(26)27/h1-7,10-11H,8-9H2,(H,22,24)(H,26,27)/p-1. The summed E-state index contributed by atoms with van der Waals surface area (Å²) in [6.45, 7) is 0.0970. The van der Waals surface area contributed by atoms with Gasteiger partial charge < -0.3 is 15.2 Å². The second-order valence-corrected chi connectivity index (χ2v) is 8.61.